The van der Waals surface area contributed by atoms with Gasteiger partial charge < -0.3 is 14.5 Å². The molecule has 1 atom stereocenters. The molecule has 1 saturated heterocycles. The number of amides is 2. The normalized spacial score (nSPS) is 16.8. The van der Waals surface area contributed by atoms with Gasteiger partial charge in [-0.2, -0.15) is 0 Å². The number of rotatable bonds is 3. The standard InChI is InChI=1S/C20H21N5O3S/c1-12-9-23-14(10-22-12)19(26)25-7-8-28-15(11-25)16-13-5-4-6-21-18(13)29-17(16)20(27)24(2)3/h4-6,9-10,15H,7-8,11H2,1-3H3/t15-/m1/s1. The zero-order valence-corrected chi connectivity index (χ0v) is 17.3. The molecule has 1 aliphatic rings. The number of aryl methyl sites for hydroxylation is 1. The molecule has 2 amide bonds. The lowest BCUT2D eigenvalue weighted by atomic mass is 10.0. The maximum atomic E-state index is 12.9. The highest BCUT2D eigenvalue weighted by Crippen LogP contribution is 2.37. The number of carbonyl (C=O) groups excluding carboxylic acids is 2. The molecule has 0 N–H and O–H groups in total. The van der Waals surface area contributed by atoms with Gasteiger partial charge in [-0.15, -0.1) is 11.3 Å². The predicted octanol–water partition coefficient (Wildman–Crippen LogP) is 2.31. The fourth-order valence-electron chi connectivity index (χ4n) is 3.31. The van der Waals surface area contributed by atoms with E-state index in [1.807, 2.05) is 19.1 Å². The molecule has 0 saturated carbocycles. The van der Waals surface area contributed by atoms with Gasteiger partial charge >= 0.3 is 0 Å². The average molecular weight is 411 g/mol. The summed E-state index contributed by atoms with van der Waals surface area (Å²) in [6, 6.07) is 3.78. The number of carbonyl (C=O) groups is 2. The molecular weight excluding hydrogens is 390 g/mol. The summed E-state index contributed by atoms with van der Waals surface area (Å²) < 4.78 is 6.01. The van der Waals surface area contributed by atoms with Gasteiger partial charge in [0.25, 0.3) is 11.8 Å². The molecular formula is C20H21N5O3S. The van der Waals surface area contributed by atoms with Gasteiger partial charge in [0.05, 0.1) is 25.0 Å². The molecule has 0 aromatic carbocycles. The van der Waals surface area contributed by atoms with Crippen LogP contribution in [0, 0.1) is 6.92 Å². The molecule has 0 aliphatic carbocycles. The summed E-state index contributed by atoms with van der Waals surface area (Å²) in [5, 5.41) is 0.886. The molecule has 0 radical (unpaired) electrons. The summed E-state index contributed by atoms with van der Waals surface area (Å²) in [5.41, 5.74) is 1.85. The van der Waals surface area contributed by atoms with Crippen molar-refractivity contribution in [3.8, 4) is 0 Å². The Morgan fingerprint density at radius 1 is 1.24 bits per heavy atom. The lowest BCUT2D eigenvalue weighted by Crippen LogP contribution is -2.43. The summed E-state index contributed by atoms with van der Waals surface area (Å²) in [7, 11) is 3.44. The Kier molecular flexibility index (Phi) is 5.25. The van der Waals surface area contributed by atoms with Crippen LogP contribution < -0.4 is 0 Å². The van der Waals surface area contributed by atoms with Crippen LogP contribution in [-0.2, 0) is 4.74 Å². The van der Waals surface area contributed by atoms with Crippen LogP contribution in [0.1, 0.15) is 37.5 Å². The highest BCUT2D eigenvalue weighted by Gasteiger charge is 2.32. The number of hydrogen-bond acceptors (Lipinski definition) is 7. The number of ether oxygens (including phenoxy) is 1. The fourth-order valence-corrected chi connectivity index (χ4v) is 4.52. The molecule has 9 heteroatoms. The van der Waals surface area contributed by atoms with Crippen molar-refractivity contribution in [1.82, 2.24) is 24.8 Å². The van der Waals surface area contributed by atoms with Gasteiger partial charge in [0.1, 0.15) is 21.5 Å². The first-order valence-corrected chi connectivity index (χ1v) is 10.1. The highest BCUT2D eigenvalue weighted by molar-refractivity contribution is 7.20. The van der Waals surface area contributed by atoms with Crippen LogP contribution in [-0.4, -0.2) is 70.4 Å². The van der Waals surface area contributed by atoms with E-state index in [0.717, 1.165) is 21.5 Å². The summed E-state index contributed by atoms with van der Waals surface area (Å²) in [6.07, 6.45) is 4.37. The summed E-state index contributed by atoms with van der Waals surface area (Å²) in [5.74, 6) is -0.289. The zero-order valence-electron chi connectivity index (χ0n) is 16.5. The smallest absolute Gasteiger partial charge is 0.274 e. The van der Waals surface area contributed by atoms with E-state index in [2.05, 4.69) is 15.0 Å². The minimum absolute atomic E-state index is 0.0977. The van der Waals surface area contributed by atoms with E-state index >= 15 is 0 Å². The first-order chi connectivity index (χ1) is 14.0. The Labute approximate surface area is 172 Å². The number of pyridine rings is 1. The topological polar surface area (TPSA) is 88.5 Å². The predicted molar refractivity (Wildman–Crippen MR) is 109 cm³/mol. The van der Waals surface area contributed by atoms with Crippen molar-refractivity contribution in [2.45, 2.75) is 13.0 Å². The van der Waals surface area contributed by atoms with Crippen LogP contribution in [0.15, 0.2) is 30.7 Å². The summed E-state index contributed by atoms with van der Waals surface area (Å²) in [4.78, 5) is 43.1. The first-order valence-electron chi connectivity index (χ1n) is 9.24. The van der Waals surface area contributed by atoms with Crippen molar-refractivity contribution >= 4 is 33.4 Å². The molecule has 0 spiro atoms. The molecule has 0 bridgehead atoms. The number of aromatic nitrogens is 3. The van der Waals surface area contributed by atoms with E-state index in [1.165, 1.54) is 17.5 Å². The molecule has 1 fully saturated rings. The monoisotopic (exact) mass is 411 g/mol. The van der Waals surface area contributed by atoms with Gasteiger partial charge in [-0.3, -0.25) is 14.6 Å². The van der Waals surface area contributed by atoms with Gasteiger partial charge in [-0.05, 0) is 13.0 Å². The average Bonchev–Trinajstić information content (AvgIpc) is 3.12. The lowest BCUT2D eigenvalue weighted by molar-refractivity contribution is -0.0225. The van der Waals surface area contributed by atoms with Crippen LogP contribution in [0.4, 0.5) is 0 Å². The minimum Gasteiger partial charge on any atom is -0.370 e. The van der Waals surface area contributed by atoms with Crippen molar-refractivity contribution < 1.29 is 14.3 Å². The van der Waals surface area contributed by atoms with Gasteiger partial charge in [0.2, 0.25) is 0 Å². The Bertz CT molecular complexity index is 1060. The van der Waals surface area contributed by atoms with Gasteiger partial charge in [-0.1, -0.05) is 6.07 Å². The van der Waals surface area contributed by atoms with E-state index in [1.54, 1.807) is 36.3 Å². The van der Waals surface area contributed by atoms with Crippen molar-refractivity contribution in [3.05, 3.63) is 52.6 Å². The van der Waals surface area contributed by atoms with Crippen LogP contribution >= 0.6 is 11.3 Å². The third-order valence-corrected chi connectivity index (χ3v) is 5.90. The van der Waals surface area contributed by atoms with E-state index in [0.29, 0.717) is 30.3 Å². The number of morpholine rings is 1. The number of thiophene rings is 1. The summed E-state index contributed by atoms with van der Waals surface area (Å²) in [6.45, 7) is 3.00. The molecule has 3 aromatic heterocycles. The van der Waals surface area contributed by atoms with Gasteiger partial charge in [-0.25, -0.2) is 9.97 Å². The molecule has 29 heavy (non-hydrogen) atoms. The Morgan fingerprint density at radius 3 is 2.79 bits per heavy atom. The van der Waals surface area contributed by atoms with Crippen molar-refractivity contribution in [2.75, 3.05) is 33.8 Å². The third kappa shape index (κ3) is 3.70. The largest absolute Gasteiger partial charge is 0.370 e. The maximum absolute atomic E-state index is 12.9. The van der Waals surface area contributed by atoms with E-state index in [4.69, 9.17) is 4.74 Å². The molecule has 8 nitrogen and oxygen atoms in total. The van der Waals surface area contributed by atoms with E-state index in [9.17, 15) is 9.59 Å². The van der Waals surface area contributed by atoms with Crippen LogP contribution in [0.5, 0.6) is 0 Å². The fraction of sp³-hybridized carbons (Fsp3) is 0.350. The Balaban J connectivity index is 1.68. The molecule has 4 rings (SSSR count). The number of hydrogen-bond donors (Lipinski definition) is 0. The highest BCUT2D eigenvalue weighted by atomic mass is 32.1. The second-order valence-electron chi connectivity index (χ2n) is 7.05. The zero-order chi connectivity index (χ0) is 20.5. The summed E-state index contributed by atoms with van der Waals surface area (Å²) >= 11 is 1.35. The maximum Gasteiger partial charge on any atom is 0.274 e. The number of nitrogens with zero attached hydrogens (tertiary/aromatic N) is 5. The number of fused-ring (bicyclic) bond motifs is 1. The molecule has 3 aromatic rings. The quantitative estimate of drug-likeness (QED) is 0.657. The Hall–Kier alpha value is -2.91. The van der Waals surface area contributed by atoms with Crippen molar-refractivity contribution in [3.63, 3.8) is 0 Å². The van der Waals surface area contributed by atoms with Crippen LogP contribution in [0.25, 0.3) is 10.2 Å². The molecule has 0 unspecified atom stereocenters. The SMILES string of the molecule is Cc1cnc(C(=O)N2CCO[C@@H](c3c(C(=O)N(C)C)sc4ncccc34)C2)cn1. The second-order valence-corrected chi connectivity index (χ2v) is 8.05. The van der Waals surface area contributed by atoms with Crippen LogP contribution in [0.3, 0.4) is 0 Å². The second kappa shape index (κ2) is 7.84. The van der Waals surface area contributed by atoms with Crippen LogP contribution in [0.2, 0.25) is 0 Å². The minimum atomic E-state index is -0.414. The first kappa shape index (κ1) is 19.4. The third-order valence-electron chi connectivity index (χ3n) is 4.78. The van der Waals surface area contributed by atoms with E-state index < -0.39 is 6.10 Å². The molecule has 4 heterocycles. The van der Waals surface area contributed by atoms with E-state index in [-0.39, 0.29) is 11.8 Å². The molecule has 150 valence electrons. The lowest BCUT2D eigenvalue weighted by Gasteiger charge is -2.33. The van der Waals surface area contributed by atoms with Gasteiger partial charge in [0, 0.05) is 44.0 Å². The van der Waals surface area contributed by atoms with Gasteiger partial charge in [0.15, 0.2) is 0 Å². The van der Waals surface area contributed by atoms with Crippen molar-refractivity contribution in [2.24, 2.45) is 0 Å². The van der Waals surface area contributed by atoms with Crippen molar-refractivity contribution in [1.29, 1.82) is 0 Å². The Morgan fingerprint density at radius 2 is 2.07 bits per heavy atom. The molecule has 1 aliphatic heterocycles.